The van der Waals surface area contributed by atoms with Gasteiger partial charge in [0.2, 0.25) is 0 Å². The summed E-state index contributed by atoms with van der Waals surface area (Å²) >= 11 is 0. The van der Waals surface area contributed by atoms with Gasteiger partial charge in [-0.3, -0.25) is 4.79 Å². The number of carbonyl (C=O) groups is 1. The zero-order valence-electron chi connectivity index (χ0n) is 11.3. The molecule has 21 heavy (non-hydrogen) atoms. The number of benzene rings is 2. The Morgan fingerprint density at radius 1 is 1.29 bits per heavy atom. The fourth-order valence-electron chi connectivity index (χ4n) is 1.85. The van der Waals surface area contributed by atoms with Crippen LogP contribution in [0.2, 0.25) is 0 Å². The summed E-state index contributed by atoms with van der Waals surface area (Å²) in [6.45, 7) is 1.48. The Kier molecular flexibility index (Phi) is 4.29. The van der Waals surface area contributed by atoms with Crippen LogP contribution in [0.25, 0.3) is 0 Å². The standard InChI is InChI=1S/C16H12F2N2O/c1-10-3-2-4-13(15(10)18)16(21)20-9-12-6-5-11(8-19)7-14(12)17/h2-7H,9H2,1H3,(H,20,21). The molecule has 2 rings (SSSR count). The number of nitrogens with one attached hydrogen (secondary N) is 1. The molecule has 0 saturated carbocycles. The van der Waals surface area contributed by atoms with Gasteiger partial charge >= 0.3 is 0 Å². The Bertz CT molecular complexity index is 736. The lowest BCUT2D eigenvalue weighted by atomic mass is 10.1. The third-order valence-electron chi connectivity index (χ3n) is 3.06. The van der Waals surface area contributed by atoms with Crippen molar-refractivity contribution >= 4 is 5.91 Å². The predicted molar refractivity (Wildman–Crippen MR) is 73.4 cm³/mol. The van der Waals surface area contributed by atoms with Crippen molar-refractivity contribution in [3.63, 3.8) is 0 Å². The highest BCUT2D eigenvalue weighted by Gasteiger charge is 2.13. The molecule has 106 valence electrons. The second-order valence-corrected chi connectivity index (χ2v) is 4.54. The van der Waals surface area contributed by atoms with Crippen molar-refractivity contribution in [3.05, 3.63) is 70.3 Å². The van der Waals surface area contributed by atoms with E-state index in [0.29, 0.717) is 5.56 Å². The van der Waals surface area contributed by atoms with E-state index in [9.17, 15) is 13.6 Å². The third kappa shape index (κ3) is 3.23. The molecule has 0 atom stereocenters. The maximum Gasteiger partial charge on any atom is 0.254 e. The van der Waals surface area contributed by atoms with E-state index in [4.69, 9.17) is 5.26 Å². The first-order valence-corrected chi connectivity index (χ1v) is 6.24. The summed E-state index contributed by atoms with van der Waals surface area (Å²) in [7, 11) is 0. The van der Waals surface area contributed by atoms with E-state index in [1.54, 1.807) is 19.1 Å². The van der Waals surface area contributed by atoms with Crippen molar-refractivity contribution in [2.45, 2.75) is 13.5 Å². The van der Waals surface area contributed by atoms with Crippen molar-refractivity contribution in [3.8, 4) is 6.07 Å². The van der Waals surface area contributed by atoms with Crippen molar-refractivity contribution in [2.75, 3.05) is 0 Å². The quantitative estimate of drug-likeness (QED) is 0.942. The second-order valence-electron chi connectivity index (χ2n) is 4.54. The molecule has 1 N–H and O–H groups in total. The van der Waals surface area contributed by atoms with E-state index >= 15 is 0 Å². The highest BCUT2D eigenvalue weighted by atomic mass is 19.1. The second kappa shape index (κ2) is 6.14. The van der Waals surface area contributed by atoms with E-state index in [-0.39, 0.29) is 23.2 Å². The number of hydrogen-bond acceptors (Lipinski definition) is 2. The molecule has 0 aliphatic carbocycles. The van der Waals surface area contributed by atoms with E-state index < -0.39 is 17.5 Å². The van der Waals surface area contributed by atoms with Gasteiger partial charge in [0, 0.05) is 12.1 Å². The Labute approximate surface area is 120 Å². The predicted octanol–water partition coefficient (Wildman–Crippen LogP) is 3.07. The number of aryl methyl sites for hydroxylation is 1. The van der Waals surface area contributed by atoms with Crippen molar-refractivity contribution in [1.29, 1.82) is 5.26 Å². The molecule has 3 nitrogen and oxygen atoms in total. The number of rotatable bonds is 3. The molecule has 5 heteroatoms. The Hall–Kier alpha value is -2.74. The maximum atomic E-state index is 13.8. The van der Waals surface area contributed by atoms with Crippen LogP contribution in [0.5, 0.6) is 0 Å². The molecular formula is C16H12F2N2O. The summed E-state index contributed by atoms with van der Waals surface area (Å²) in [5, 5.41) is 11.1. The average molecular weight is 286 g/mol. The van der Waals surface area contributed by atoms with Crippen LogP contribution >= 0.6 is 0 Å². The van der Waals surface area contributed by atoms with E-state index in [1.807, 2.05) is 6.07 Å². The molecule has 0 aromatic heterocycles. The molecule has 0 radical (unpaired) electrons. The molecule has 0 aliphatic heterocycles. The molecule has 0 saturated heterocycles. The molecule has 0 heterocycles. The zero-order chi connectivity index (χ0) is 15.4. The van der Waals surface area contributed by atoms with Gasteiger partial charge in [-0.05, 0) is 30.7 Å². The minimum absolute atomic E-state index is 0.0796. The fraction of sp³-hybridized carbons (Fsp3) is 0.125. The van der Waals surface area contributed by atoms with Gasteiger partial charge in [-0.15, -0.1) is 0 Å². The lowest BCUT2D eigenvalue weighted by Crippen LogP contribution is -2.24. The van der Waals surface area contributed by atoms with Gasteiger partial charge in [0.15, 0.2) is 0 Å². The van der Waals surface area contributed by atoms with E-state index in [0.717, 1.165) is 6.07 Å². The van der Waals surface area contributed by atoms with Gasteiger partial charge in [0.05, 0.1) is 17.2 Å². The first-order chi connectivity index (χ1) is 10.0. The minimum atomic E-state index is -0.611. The van der Waals surface area contributed by atoms with Crippen LogP contribution < -0.4 is 5.32 Å². The van der Waals surface area contributed by atoms with Crippen molar-refractivity contribution in [1.82, 2.24) is 5.32 Å². The highest BCUT2D eigenvalue weighted by molar-refractivity contribution is 5.94. The topological polar surface area (TPSA) is 52.9 Å². The SMILES string of the molecule is Cc1cccc(C(=O)NCc2ccc(C#N)cc2F)c1F. The molecule has 0 unspecified atom stereocenters. The monoisotopic (exact) mass is 286 g/mol. The lowest BCUT2D eigenvalue weighted by Gasteiger charge is -2.08. The lowest BCUT2D eigenvalue weighted by molar-refractivity contribution is 0.0946. The normalized spacial score (nSPS) is 10.0. The van der Waals surface area contributed by atoms with Crippen LogP contribution in [0.3, 0.4) is 0 Å². The Morgan fingerprint density at radius 2 is 2.05 bits per heavy atom. The number of halogens is 2. The van der Waals surface area contributed by atoms with Gasteiger partial charge in [0.25, 0.3) is 5.91 Å². The molecule has 2 aromatic rings. The summed E-state index contributed by atoms with van der Waals surface area (Å²) in [6, 6.07) is 10.3. The summed E-state index contributed by atoms with van der Waals surface area (Å²) in [4.78, 5) is 11.9. The molecule has 0 fully saturated rings. The Morgan fingerprint density at radius 3 is 2.71 bits per heavy atom. The minimum Gasteiger partial charge on any atom is -0.348 e. The van der Waals surface area contributed by atoms with Gasteiger partial charge in [-0.1, -0.05) is 18.2 Å². The van der Waals surface area contributed by atoms with Gasteiger partial charge in [-0.25, -0.2) is 8.78 Å². The molecule has 0 bridgehead atoms. The smallest absolute Gasteiger partial charge is 0.254 e. The van der Waals surface area contributed by atoms with Crippen molar-refractivity contribution < 1.29 is 13.6 Å². The summed E-state index contributed by atoms with van der Waals surface area (Å²) in [5.41, 5.74) is 0.721. The van der Waals surface area contributed by atoms with E-state index in [2.05, 4.69) is 5.32 Å². The average Bonchev–Trinajstić information content (AvgIpc) is 2.48. The van der Waals surface area contributed by atoms with Crippen LogP contribution in [-0.2, 0) is 6.54 Å². The van der Waals surface area contributed by atoms with Crippen LogP contribution in [0.1, 0.15) is 27.0 Å². The number of carbonyl (C=O) groups excluding carboxylic acids is 1. The first-order valence-electron chi connectivity index (χ1n) is 6.24. The molecular weight excluding hydrogens is 274 g/mol. The molecule has 2 aromatic carbocycles. The van der Waals surface area contributed by atoms with Crippen LogP contribution in [0.15, 0.2) is 36.4 Å². The number of hydrogen-bond donors (Lipinski definition) is 1. The third-order valence-corrected chi connectivity index (χ3v) is 3.06. The fourth-order valence-corrected chi connectivity index (χ4v) is 1.85. The number of nitriles is 1. The van der Waals surface area contributed by atoms with Gasteiger partial charge in [-0.2, -0.15) is 5.26 Å². The maximum absolute atomic E-state index is 13.8. The van der Waals surface area contributed by atoms with Crippen LogP contribution in [0.4, 0.5) is 8.78 Å². The van der Waals surface area contributed by atoms with Crippen LogP contribution in [0, 0.1) is 29.9 Å². The van der Waals surface area contributed by atoms with Gasteiger partial charge < -0.3 is 5.32 Å². The highest BCUT2D eigenvalue weighted by Crippen LogP contribution is 2.13. The number of amides is 1. The zero-order valence-corrected chi connectivity index (χ0v) is 11.3. The van der Waals surface area contributed by atoms with Crippen LogP contribution in [-0.4, -0.2) is 5.91 Å². The molecule has 0 spiro atoms. The Balaban J connectivity index is 2.11. The van der Waals surface area contributed by atoms with Gasteiger partial charge in [0.1, 0.15) is 11.6 Å². The van der Waals surface area contributed by atoms with Crippen molar-refractivity contribution in [2.24, 2.45) is 0 Å². The first kappa shape index (κ1) is 14.7. The number of nitrogens with zero attached hydrogens (tertiary/aromatic N) is 1. The molecule has 0 aliphatic rings. The summed E-state index contributed by atoms with van der Waals surface area (Å²) in [6.07, 6.45) is 0. The largest absolute Gasteiger partial charge is 0.348 e. The molecule has 1 amide bonds. The summed E-state index contributed by atoms with van der Waals surface area (Å²) in [5.74, 6) is -1.78. The summed E-state index contributed by atoms with van der Waals surface area (Å²) < 4.78 is 27.4. The van der Waals surface area contributed by atoms with E-state index in [1.165, 1.54) is 18.2 Å².